The lowest BCUT2D eigenvalue weighted by Crippen LogP contribution is -2.43. The molecule has 1 aromatic rings. The van der Waals surface area contributed by atoms with Crippen molar-refractivity contribution in [2.24, 2.45) is 5.92 Å². The monoisotopic (exact) mass is 347 g/mol. The maximum Gasteiger partial charge on any atom is 0.270 e. The van der Waals surface area contributed by atoms with Crippen molar-refractivity contribution < 1.29 is 14.8 Å². The average Bonchev–Trinajstić information content (AvgIpc) is 3.15. The standard InChI is InChI=1S/C18H25N3O4/c1-13(22)14-5-4-10-20(12-14)18(23)16-11-15(21(24)25)6-7-17(16)19-8-2-3-9-19/h6-7,11,13-14,22H,2-5,8-10,12H2,1H3. The van der Waals surface area contributed by atoms with Crippen molar-refractivity contribution in [3.8, 4) is 0 Å². The highest BCUT2D eigenvalue weighted by Gasteiger charge is 2.30. The SMILES string of the molecule is CC(O)C1CCCN(C(=O)c2cc([N+](=O)[O-])ccc2N2CCCC2)C1. The highest BCUT2D eigenvalue weighted by Crippen LogP contribution is 2.31. The van der Waals surface area contributed by atoms with E-state index < -0.39 is 11.0 Å². The first-order valence-electron chi connectivity index (χ1n) is 8.98. The lowest BCUT2D eigenvalue weighted by molar-refractivity contribution is -0.384. The minimum absolute atomic E-state index is 0.0598. The van der Waals surface area contributed by atoms with Gasteiger partial charge in [-0.15, -0.1) is 0 Å². The maximum absolute atomic E-state index is 13.1. The number of piperidine rings is 1. The van der Waals surface area contributed by atoms with Crippen molar-refractivity contribution in [1.82, 2.24) is 4.90 Å². The number of hydrogen-bond donors (Lipinski definition) is 1. The predicted octanol–water partition coefficient (Wildman–Crippen LogP) is 2.43. The quantitative estimate of drug-likeness (QED) is 0.668. The van der Waals surface area contributed by atoms with Gasteiger partial charge in [-0.05, 0) is 38.7 Å². The summed E-state index contributed by atoms with van der Waals surface area (Å²) in [5.41, 5.74) is 1.13. The number of hydrogen-bond acceptors (Lipinski definition) is 5. The Labute approximate surface area is 147 Å². The van der Waals surface area contributed by atoms with E-state index >= 15 is 0 Å². The van der Waals surface area contributed by atoms with Crippen LogP contribution in [0.1, 0.15) is 43.0 Å². The molecule has 0 aliphatic carbocycles. The minimum atomic E-state index is -0.459. The second kappa shape index (κ2) is 7.39. The number of likely N-dealkylation sites (tertiary alicyclic amines) is 1. The number of benzene rings is 1. The van der Waals surface area contributed by atoms with Gasteiger partial charge >= 0.3 is 0 Å². The molecule has 136 valence electrons. The Morgan fingerprint density at radius 1 is 1.28 bits per heavy atom. The molecule has 0 saturated carbocycles. The molecule has 2 atom stereocenters. The fourth-order valence-electron chi connectivity index (χ4n) is 3.80. The summed E-state index contributed by atoms with van der Waals surface area (Å²) >= 11 is 0. The number of nitrogens with zero attached hydrogens (tertiary/aromatic N) is 3. The third-order valence-electron chi connectivity index (χ3n) is 5.30. The molecule has 1 amide bonds. The Hall–Kier alpha value is -2.15. The van der Waals surface area contributed by atoms with E-state index in [4.69, 9.17) is 0 Å². The highest BCUT2D eigenvalue weighted by molar-refractivity contribution is 6.00. The van der Waals surface area contributed by atoms with Gasteiger partial charge in [-0.2, -0.15) is 0 Å². The summed E-state index contributed by atoms with van der Waals surface area (Å²) in [4.78, 5) is 27.7. The van der Waals surface area contributed by atoms with Crippen LogP contribution in [0, 0.1) is 16.0 Å². The number of carbonyl (C=O) groups is 1. The number of aliphatic hydroxyl groups is 1. The van der Waals surface area contributed by atoms with Crippen LogP contribution in [0.5, 0.6) is 0 Å². The number of nitro benzene ring substituents is 1. The van der Waals surface area contributed by atoms with E-state index in [1.165, 1.54) is 12.1 Å². The molecule has 0 aromatic heterocycles. The molecule has 25 heavy (non-hydrogen) atoms. The molecule has 2 unspecified atom stereocenters. The summed E-state index contributed by atoms with van der Waals surface area (Å²) in [5.74, 6) is -0.109. The van der Waals surface area contributed by atoms with E-state index in [2.05, 4.69) is 4.90 Å². The Bertz CT molecular complexity index is 656. The Morgan fingerprint density at radius 2 is 2.00 bits per heavy atom. The van der Waals surface area contributed by atoms with Gasteiger partial charge in [-0.1, -0.05) is 0 Å². The van der Waals surface area contributed by atoms with E-state index in [1.807, 2.05) is 0 Å². The van der Waals surface area contributed by atoms with Crippen molar-refractivity contribution in [1.29, 1.82) is 0 Å². The van der Waals surface area contributed by atoms with Crippen LogP contribution < -0.4 is 4.90 Å². The molecule has 2 saturated heterocycles. The molecule has 2 heterocycles. The fourth-order valence-corrected chi connectivity index (χ4v) is 3.80. The number of nitro groups is 1. The normalized spacial score (nSPS) is 22.1. The molecule has 0 bridgehead atoms. The molecule has 1 N–H and O–H groups in total. The number of aliphatic hydroxyl groups excluding tert-OH is 1. The summed E-state index contributed by atoms with van der Waals surface area (Å²) in [6, 6.07) is 4.58. The van der Waals surface area contributed by atoms with Gasteiger partial charge in [0.2, 0.25) is 0 Å². The zero-order valence-corrected chi connectivity index (χ0v) is 14.6. The van der Waals surface area contributed by atoms with Gasteiger partial charge in [-0.3, -0.25) is 14.9 Å². The molecular weight excluding hydrogens is 322 g/mol. The third kappa shape index (κ3) is 3.76. The maximum atomic E-state index is 13.1. The predicted molar refractivity (Wildman–Crippen MR) is 94.9 cm³/mol. The highest BCUT2D eigenvalue weighted by atomic mass is 16.6. The van der Waals surface area contributed by atoms with E-state index in [1.54, 1.807) is 17.9 Å². The van der Waals surface area contributed by atoms with Crippen molar-refractivity contribution in [2.75, 3.05) is 31.1 Å². The van der Waals surface area contributed by atoms with Crippen LogP contribution in [0.2, 0.25) is 0 Å². The summed E-state index contributed by atoms with van der Waals surface area (Å²) in [7, 11) is 0. The molecule has 3 rings (SSSR count). The second-order valence-electron chi connectivity index (χ2n) is 7.05. The van der Waals surface area contributed by atoms with Crippen molar-refractivity contribution >= 4 is 17.3 Å². The average molecular weight is 347 g/mol. The molecule has 0 spiro atoms. The van der Waals surface area contributed by atoms with E-state index in [0.29, 0.717) is 18.7 Å². The van der Waals surface area contributed by atoms with Crippen LogP contribution >= 0.6 is 0 Å². The number of non-ortho nitro benzene ring substituents is 1. The van der Waals surface area contributed by atoms with E-state index in [9.17, 15) is 20.0 Å². The molecule has 2 fully saturated rings. The summed E-state index contributed by atoms with van der Waals surface area (Å²) < 4.78 is 0. The lowest BCUT2D eigenvalue weighted by atomic mass is 9.93. The van der Waals surface area contributed by atoms with Crippen molar-refractivity contribution in [3.63, 3.8) is 0 Å². The van der Waals surface area contributed by atoms with Crippen molar-refractivity contribution in [3.05, 3.63) is 33.9 Å². The Balaban J connectivity index is 1.91. The van der Waals surface area contributed by atoms with Gasteiger partial charge in [0.1, 0.15) is 0 Å². The van der Waals surface area contributed by atoms with Gasteiger partial charge in [0.05, 0.1) is 22.3 Å². The Kier molecular flexibility index (Phi) is 5.22. The second-order valence-corrected chi connectivity index (χ2v) is 7.05. The smallest absolute Gasteiger partial charge is 0.270 e. The fraction of sp³-hybridized carbons (Fsp3) is 0.611. The summed E-state index contributed by atoms with van der Waals surface area (Å²) in [6.45, 7) is 4.62. The molecule has 7 heteroatoms. The number of carbonyl (C=O) groups excluding carboxylic acids is 1. The van der Waals surface area contributed by atoms with Crippen LogP contribution in [0.25, 0.3) is 0 Å². The molecular formula is C18H25N3O4. The van der Waals surface area contributed by atoms with Crippen LogP contribution in [0.15, 0.2) is 18.2 Å². The first-order valence-corrected chi connectivity index (χ1v) is 8.98. The van der Waals surface area contributed by atoms with Gasteiger partial charge < -0.3 is 14.9 Å². The van der Waals surface area contributed by atoms with Gasteiger partial charge in [0.25, 0.3) is 11.6 Å². The lowest BCUT2D eigenvalue weighted by Gasteiger charge is -2.35. The van der Waals surface area contributed by atoms with Gasteiger partial charge in [-0.25, -0.2) is 0 Å². The van der Waals surface area contributed by atoms with Gasteiger partial charge in [0, 0.05) is 44.2 Å². The van der Waals surface area contributed by atoms with E-state index in [-0.39, 0.29) is 17.5 Å². The molecule has 7 nitrogen and oxygen atoms in total. The largest absolute Gasteiger partial charge is 0.393 e. The van der Waals surface area contributed by atoms with Crippen molar-refractivity contribution in [2.45, 2.75) is 38.7 Å². The van der Waals surface area contributed by atoms with Gasteiger partial charge in [0.15, 0.2) is 0 Å². The van der Waals surface area contributed by atoms with Crippen LogP contribution in [-0.4, -0.2) is 53.1 Å². The summed E-state index contributed by atoms with van der Waals surface area (Å²) in [6.07, 6.45) is 3.42. The zero-order chi connectivity index (χ0) is 18.0. The summed E-state index contributed by atoms with van der Waals surface area (Å²) in [5, 5.41) is 21.0. The number of rotatable bonds is 4. The molecule has 0 radical (unpaired) electrons. The first kappa shape index (κ1) is 17.7. The zero-order valence-electron chi connectivity index (χ0n) is 14.6. The first-order chi connectivity index (χ1) is 12.0. The van der Waals surface area contributed by atoms with E-state index in [0.717, 1.165) is 44.5 Å². The Morgan fingerprint density at radius 3 is 2.64 bits per heavy atom. The topological polar surface area (TPSA) is 86.9 Å². The third-order valence-corrected chi connectivity index (χ3v) is 5.30. The molecule has 1 aromatic carbocycles. The minimum Gasteiger partial charge on any atom is -0.393 e. The van der Waals surface area contributed by atoms with Crippen LogP contribution in [0.4, 0.5) is 11.4 Å². The molecule has 2 aliphatic rings. The molecule has 2 aliphatic heterocycles. The number of amides is 1. The van der Waals surface area contributed by atoms with Crippen LogP contribution in [0.3, 0.4) is 0 Å². The van der Waals surface area contributed by atoms with Crippen LogP contribution in [-0.2, 0) is 0 Å². The number of anilines is 1.